The number of thiophene rings is 1. The zero-order valence-electron chi connectivity index (χ0n) is 24.1. The van der Waals surface area contributed by atoms with Crippen LogP contribution >= 0.6 is 11.3 Å². The van der Waals surface area contributed by atoms with E-state index in [1.807, 2.05) is 32.0 Å². The van der Waals surface area contributed by atoms with Crippen LogP contribution in [-0.2, 0) is 25.7 Å². The van der Waals surface area contributed by atoms with E-state index < -0.39 is 5.91 Å². The molecule has 2 atom stereocenters. The van der Waals surface area contributed by atoms with Crippen molar-refractivity contribution in [3.8, 4) is 10.4 Å². The molecule has 0 saturated carbocycles. The van der Waals surface area contributed by atoms with E-state index in [2.05, 4.69) is 16.7 Å². The van der Waals surface area contributed by atoms with Crippen LogP contribution in [0.5, 0.6) is 0 Å². The predicted octanol–water partition coefficient (Wildman–Crippen LogP) is 5.56. The molecule has 4 N–H and O–H groups in total. The summed E-state index contributed by atoms with van der Waals surface area (Å²) in [6.07, 6.45) is 3.20. The van der Waals surface area contributed by atoms with Gasteiger partial charge in [-0.15, -0.1) is 11.3 Å². The minimum absolute atomic E-state index is 0.0643. The Labute approximate surface area is 253 Å². The van der Waals surface area contributed by atoms with Crippen molar-refractivity contribution in [3.05, 3.63) is 111 Å². The van der Waals surface area contributed by atoms with Crippen LogP contribution in [0.4, 0.5) is 4.39 Å². The molecule has 7 nitrogen and oxygen atoms in total. The lowest BCUT2D eigenvalue weighted by atomic mass is 9.87. The monoisotopic (exact) mass is 596 g/mol. The molecule has 6 rings (SSSR count). The van der Waals surface area contributed by atoms with Crippen molar-refractivity contribution < 1.29 is 18.8 Å². The second-order valence-electron chi connectivity index (χ2n) is 11.7. The first-order valence-electron chi connectivity index (χ1n) is 14.6. The van der Waals surface area contributed by atoms with Gasteiger partial charge >= 0.3 is 0 Å². The largest absolute Gasteiger partial charge is 0.366 e. The number of hydrogen-bond acceptors (Lipinski definition) is 5. The number of nitrogens with two attached hydrogens (primary N) is 1. The van der Waals surface area contributed by atoms with E-state index in [9.17, 15) is 18.8 Å². The summed E-state index contributed by atoms with van der Waals surface area (Å²) in [5.74, 6) is -1.35. The summed E-state index contributed by atoms with van der Waals surface area (Å²) in [4.78, 5) is 46.0. The third kappa shape index (κ3) is 5.82. The number of primary amides is 1. The Morgan fingerprint density at radius 3 is 2.60 bits per heavy atom. The van der Waals surface area contributed by atoms with Gasteiger partial charge in [0.1, 0.15) is 5.82 Å². The van der Waals surface area contributed by atoms with Gasteiger partial charge < -0.3 is 16.4 Å². The molecule has 220 valence electrons. The van der Waals surface area contributed by atoms with E-state index in [0.717, 1.165) is 24.0 Å². The molecule has 2 aromatic carbocycles. The molecule has 0 spiro atoms. The van der Waals surface area contributed by atoms with E-state index in [0.29, 0.717) is 51.5 Å². The number of benzene rings is 2. The van der Waals surface area contributed by atoms with Gasteiger partial charge in [-0.1, -0.05) is 50.2 Å². The lowest BCUT2D eigenvalue weighted by Gasteiger charge is -2.28. The third-order valence-corrected chi connectivity index (χ3v) is 9.21. The molecular formula is C34H33FN4O3S. The van der Waals surface area contributed by atoms with Gasteiger partial charge in [-0.3, -0.25) is 19.4 Å². The fourth-order valence-corrected chi connectivity index (χ4v) is 7.19. The molecule has 4 aromatic rings. The fourth-order valence-electron chi connectivity index (χ4n) is 6.23. The lowest BCUT2D eigenvalue weighted by Crippen LogP contribution is -2.44. The number of hydrogen-bond donors (Lipinski definition) is 3. The molecule has 3 heterocycles. The van der Waals surface area contributed by atoms with Gasteiger partial charge in [0, 0.05) is 22.9 Å². The lowest BCUT2D eigenvalue weighted by molar-refractivity contribution is 0.0921. The molecule has 0 radical (unpaired) electrons. The Morgan fingerprint density at radius 2 is 1.86 bits per heavy atom. The summed E-state index contributed by atoms with van der Waals surface area (Å²) in [5, 5.41) is 6.22. The highest BCUT2D eigenvalue weighted by Gasteiger charge is 2.34. The fraction of sp³-hybridized carbons (Fsp3) is 0.294. The zero-order valence-corrected chi connectivity index (χ0v) is 24.9. The van der Waals surface area contributed by atoms with Gasteiger partial charge in [0.2, 0.25) is 0 Å². The van der Waals surface area contributed by atoms with Crippen LogP contribution in [0, 0.1) is 11.7 Å². The molecule has 0 bridgehead atoms. The summed E-state index contributed by atoms with van der Waals surface area (Å²) in [5.41, 5.74) is 11.3. The second-order valence-corrected chi connectivity index (χ2v) is 12.8. The van der Waals surface area contributed by atoms with Crippen LogP contribution in [0.2, 0.25) is 0 Å². The SMILES string of the molecule is CC(C)Cc1nc2c(c(-c3ccc(C(=O)NC4CCc5ccccc54)s3)c1C(N)=O)C(=O)NC(Cc1ccc(F)cc1)C2. The number of nitrogens with zero attached hydrogens (tertiary/aromatic N) is 1. The quantitative estimate of drug-likeness (QED) is 0.247. The molecule has 2 unspecified atom stereocenters. The van der Waals surface area contributed by atoms with Crippen LogP contribution in [0.15, 0.2) is 60.7 Å². The van der Waals surface area contributed by atoms with E-state index in [-0.39, 0.29) is 41.2 Å². The number of aromatic nitrogens is 1. The van der Waals surface area contributed by atoms with E-state index in [4.69, 9.17) is 10.7 Å². The van der Waals surface area contributed by atoms with Gasteiger partial charge in [-0.2, -0.15) is 0 Å². The molecule has 2 aliphatic rings. The second kappa shape index (κ2) is 11.7. The number of pyridine rings is 1. The Morgan fingerprint density at radius 1 is 1.09 bits per heavy atom. The summed E-state index contributed by atoms with van der Waals surface area (Å²) < 4.78 is 13.5. The number of fused-ring (bicyclic) bond motifs is 2. The molecule has 9 heteroatoms. The first-order valence-corrected chi connectivity index (χ1v) is 15.4. The molecule has 0 fully saturated rings. The number of rotatable bonds is 8. The normalized spacial score (nSPS) is 17.3. The summed E-state index contributed by atoms with van der Waals surface area (Å²) in [6, 6.07) is 17.5. The van der Waals surface area contributed by atoms with E-state index in [1.54, 1.807) is 24.3 Å². The van der Waals surface area contributed by atoms with Crippen molar-refractivity contribution in [1.82, 2.24) is 15.6 Å². The van der Waals surface area contributed by atoms with E-state index in [1.165, 1.54) is 29.0 Å². The average molecular weight is 597 g/mol. The summed E-state index contributed by atoms with van der Waals surface area (Å²) >= 11 is 1.23. The highest BCUT2D eigenvalue weighted by molar-refractivity contribution is 7.17. The number of amides is 3. The highest BCUT2D eigenvalue weighted by atomic mass is 32.1. The molecular weight excluding hydrogens is 563 g/mol. The minimum atomic E-state index is -0.663. The molecule has 1 aliphatic heterocycles. The van der Waals surface area contributed by atoms with Gasteiger partial charge in [0.05, 0.1) is 33.4 Å². The van der Waals surface area contributed by atoms with Gasteiger partial charge in [-0.25, -0.2) is 4.39 Å². The first-order chi connectivity index (χ1) is 20.7. The van der Waals surface area contributed by atoms with Crippen molar-refractivity contribution in [2.75, 3.05) is 0 Å². The number of carbonyl (C=O) groups excluding carboxylic acids is 3. The number of nitrogens with one attached hydrogen (secondary N) is 2. The maximum absolute atomic E-state index is 13.7. The molecule has 43 heavy (non-hydrogen) atoms. The van der Waals surface area contributed by atoms with Crippen molar-refractivity contribution in [2.24, 2.45) is 11.7 Å². The minimum Gasteiger partial charge on any atom is -0.366 e. The van der Waals surface area contributed by atoms with Crippen LogP contribution in [0.25, 0.3) is 10.4 Å². The maximum atomic E-state index is 13.7. The van der Waals surface area contributed by atoms with Crippen molar-refractivity contribution in [1.29, 1.82) is 0 Å². The van der Waals surface area contributed by atoms with Crippen LogP contribution in [0.1, 0.15) is 84.8 Å². The molecule has 1 aliphatic carbocycles. The summed E-state index contributed by atoms with van der Waals surface area (Å²) in [7, 11) is 0. The van der Waals surface area contributed by atoms with Crippen LogP contribution in [-0.4, -0.2) is 28.7 Å². The topological polar surface area (TPSA) is 114 Å². The summed E-state index contributed by atoms with van der Waals surface area (Å²) in [6.45, 7) is 4.06. The number of halogens is 1. The Balaban J connectivity index is 1.36. The van der Waals surface area contributed by atoms with Gasteiger partial charge in [0.25, 0.3) is 17.7 Å². The van der Waals surface area contributed by atoms with Crippen LogP contribution in [0.3, 0.4) is 0 Å². The average Bonchev–Trinajstić information content (AvgIpc) is 3.61. The molecule has 0 saturated heterocycles. The van der Waals surface area contributed by atoms with Gasteiger partial charge in [-0.05, 0) is 72.6 Å². The molecule has 3 amide bonds. The number of aryl methyl sites for hydroxylation is 1. The van der Waals surface area contributed by atoms with Gasteiger partial charge in [0.15, 0.2) is 0 Å². The highest BCUT2D eigenvalue weighted by Crippen LogP contribution is 2.39. The third-order valence-electron chi connectivity index (χ3n) is 8.11. The van der Waals surface area contributed by atoms with Crippen molar-refractivity contribution in [3.63, 3.8) is 0 Å². The predicted molar refractivity (Wildman–Crippen MR) is 165 cm³/mol. The maximum Gasteiger partial charge on any atom is 0.261 e. The van der Waals surface area contributed by atoms with E-state index >= 15 is 0 Å². The standard InChI is InChI=1S/C34H33FN4O3S/c1-18(2)15-25-29(32(36)40)31(30-26(38-25)17-22(37-34(30)42)16-19-7-10-21(35)11-8-19)27-13-14-28(43-27)33(41)39-24-12-9-20-5-3-4-6-23(20)24/h3-8,10-11,13-14,18,22,24H,9,12,15-17H2,1-2H3,(H2,36,40)(H,37,42)(H,39,41). The zero-order chi connectivity index (χ0) is 30.2. The smallest absolute Gasteiger partial charge is 0.261 e. The number of carbonyl (C=O) groups is 3. The Hall–Kier alpha value is -4.37. The van der Waals surface area contributed by atoms with Crippen molar-refractivity contribution >= 4 is 29.1 Å². The Bertz CT molecular complexity index is 1730. The molecule has 2 aromatic heterocycles. The van der Waals surface area contributed by atoms with Crippen LogP contribution < -0.4 is 16.4 Å². The first kappa shape index (κ1) is 28.7. The van der Waals surface area contributed by atoms with Crippen molar-refractivity contribution in [2.45, 2.75) is 58.0 Å². The Kier molecular flexibility index (Phi) is 7.83.